The second-order valence-electron chi connectivity index (χ2n) is 3.37. The first kappa shape index (κ1) is 12.4. The molecule has 1 aromatic rings. The van der Waals surface area contributed by atoms with Gasteiger partial charge in [0.05, 0.1) is 6.10 Å². The van der Waals surface area contributed by atoms with Crippen molar-refractivity contribution < 1.29 is 19.0 Å². The monoisotopic (exact) mass is 227 g/mol. The van der Waals surface area contributed by atoms with E-state index in [4.69, 9.17) is 9.84 Å². The Morgan fingerprint density at radius 1 is 1.56 bits per heavy atom. The first-order valence-corrected chi connectivity index (χ1v) is 4.91. The number of para-hydroxylation sites is 1. The molecule has 0 heterocycles. The number of rotatable bonds is 5. The van der Waals surface area contributed by atoms with Crippen LogP contribution >= 0.6 is 0 Å². The molecule has 5 heteroatoms. The van der Waals surface area contributed by atoms with Gasteiger partial charge in [-0.15, -0.1) is 0 Å². The summed E-state index contributed by atoms with van der Waals surface area (Å²) in [6, 6.07) is 5.85. The summed E-state index contributed by atoms with van der Waals surface area (Å²) in [5.74, 6) is -0.871. The van der Waals surface area contributed by atoms with Gasteiger partial charge in [-0.25, -0.2) is 4.39 Å². The second-order valence-corrected chi connectivity index (χ2v) is 3.37. The topological polar surface area (TPSA) is 58.6 Å². The van der Waals surface area contributed by atoms with Crippen molar-refractivity contribution in [3.8, 4) is 5.75 Å². The summed E-state index contributed by atoms with van der Waals surface area (Å²) in [6.07, 6.45) is -0.614. The molecule has 88 valence electrons. The Morgan fingerprint density at radius 2 is 2.25 bits per heavy atom. The Bertz CT molecular complexity index is 355. The Labute approximate surface area is 93.0 Å². The van der Waals surface area contributed by atoms with E-state index in [0.29, 0.717) is 0 Å². The molecule has 16 heavy (non-hydrogen) atoms. The van der Waals surface area contributed by atoms with Crippen LogP contribution in [-0.2, 0) is 4.79 Å². The van der Waals surface area contributed by atoms with Gasteiger partial charge in [-0.1, -0.05) is 12.1 Å². The molecule has 1 rings (SSSR count). The Morgan fingerprint density at radius 3 is 2.88 bits per heavy atom. The zero-order chi connectivity index (χ0) is 12.0. The normalized spacial score (nSPS) is 11.9. The van der Waals surface area contributed by atoms with Crippen LogP contribution in [0.2, 0.25) is 0 Å². The summed E-state index contributed by atoms with van der Waals surface area (Å²) in [6.45, 7) is 1.44. The predicted octanol–water partition coefficient (Wildman–Crippen LogP) is 0.701. The molecule has 1 aromatic carbocycles. The number of aliphatic hydroxyl groups is 1. The molecule has 0 radical (unpaired) electrons. The molecule has 2 N–H and O–H groups in total. The van der Waals surface area contributed by atoms with Gasteiger partial charge in [0.1, 0.15) is 0 Å². The number of carbonyl (C=O) groups is 1. The van der Waals surface area contributed by atoms with Crippen molar-refractivity contribution in [1.29, 1.82) is 0 Å². The number of aliphatic hydroxyl groups excluding tert-OH is 1. The Balaban J connectivity index is 2.35. The number of benzene rings is 1. The van der Waals surface area contributed by atoms with Crippen LogP contribution in [0.4, 0.5) is 4.39 Å². The van der Waals surface area contributed by atoms with E-state index in [-0.39, 0.29) is 18.9 Å². The minimum atomic E-state index is -0.614. The van der Waals surface area contributed by atoms with Crippen LogP contribution in [0.15, 0.2) is 24.3 Å². The van der Waals surface area contributed by atoms with Crippen molar-refractivity contribution in [1.82, 2.24) is 5.32 Å². The molecule has 1 atom stereocenters. The van der Waals surface area contributed by atoms with Gasteiger partial charge >= 0.3 is 0 Å². The van der Waals surface area contributed by atoms with Crippen LogP contribution in [0.5, 0.6) is 5.75 Å². The van der Waals surface area contributed by atoms with Crippen molar-refractivity contribution in [2.24, 2.45) is 0 Å². The number of ether oxygens (including phenoxy) is 1. The summed E-state index contributed by atoms with van der Waals surface area (Å²) >= 11 is 0. The highest BCUT2D eigenvalue weighted by Crippen LogP contribution is 2.14. The SMILES string of the molecule is CC(O)CNC(=O)COc1ccccc1F. The molecule has 0 bridgehead atoms. The fourth-order valence-corrected chi connectivity index (χ4v) is 1.02. The van der Waals surface area contributed by atoms with Crippen LogP contribution in [0.25, 0.3) is 0 Å². The molecular formula is C11H14FNO3. The highest BCUT2D eigenvalue weighted by atomic mass is 19.1. The van der Waals surface area contributed by atoms with Crippen molar-refractivity contribution in [2.75, 3.05) is 13.2 Å². The van der Waals surface area contributed by atoms with E-state index in [9.17, 15) is 9.18 Å². The number of nitrogens with one attached hydrogen (secondary N) is 1. The zero-order valence-corrected chi connectivity index (χ0v) is 8.94. The minimum absolute atomic E-state index is 0.0368. The van der Waals surface area contributed by atoms with Crippen LogP contribution in [-0.4, -0.2) is 30.3 Å². The smallest absolute Gasteiger partial charge is 0.258 e. The van der Waals surface area contributed by atoms with Gasteiger partial charge in [0, 0.05) is 6.54 Å². The van der Waals surface area contributed by atoms with E-state index in [2.05, 4.69) is 5.32 Å². The zero-order valence-electron chi connectivity index (χ0n) is 8.94. The third kappa shape index (κ3) is 4.27. The number of hydrogen-bond acceptors (Lipinski definition) is 3. The van der Waals surface area contributed by atoms with Crippen LogP contribution < -0.4 is 10.1 Å². The van der Waals surface area contributed by atoms with E-state index < -0.39 is 17.8 Å². The highest BCUT2D eigenvalue weighted by Gasteiger charge is 2.06. The molecule has 0 spiro atoms. The van der Waals surface area contributed by atoms with Crippen LogP contribution in [0.3, 0.4) is 0 Å². The van der Waals surface area contributed by atoms with E-state index in [1.165, 1.54) is 18.2 Å². The lowest BCUT2D eigenvalue weighted by molar-refractivity contribution is -0.123. The summed E-state index contributed by atoms with van der Waals surface area (Å²) in [4.78, 5) is 11.2. The maximum absolute atomic E-state index is 13.1. The maximum Gasteiger partial charge on any atom is 0.258 e. The first-order valence-electron chi connectivity index (χ1n) is 4.91. The molecule has 4 nitrogen and oxygen atoms in total. The van der Waals surface area contributed by atoms with Gasteiger partial charge in [0.15, 0.2) is 18.2 Å². The molecule has 0 aliphatic carbocycles. The summed E-state index contributed by atoms with van der Waals surface area (Å²) in [5, 5.41) is 11.4. The third-order valence-corrected chi connectivity index (χ3v) is 1.79. The summed E-state index contributed by atoms with van der Waals surface area (Å²) < 4.78 is 18.0. The van der Waals surface area contributed by atoms with Crippen LogP contribution in [0, 0.1) is 5.82 Å². The predicted molar refractivity (Wildman–Crippen MR) is 56.6 cm³/mol. The van der Waals surface area contributed by atoms with Crippen molar-refractivity contribution in [3.05, 3.63) is 30.1 Å². The standard InChI is InChI=1S/C11H14FNO3/c1-8(14)6-13-11(15)7-16-10-5-3-2-4-9(10)12/h2-5,8,14H,6-7H2,1H3,(H,13,15). The molecule has 0 aromatic heterocycles. The van der Waals surface area contributed by atoms with Gasteiger partial charge < -0.3 is 15.2 Å². The van der Waals surface area contributed by atoms with Crippen LogP contribution in [0.1, 0.15) is 6.92 Å². The van der Waals surface area contributed by atoms with E-state index in [1.807, 2.05) is 0 Å². The third-order valence-electron chi connectivity index (χ3n) is 1.79. The second kappa shape index (κ2) is 6.07. The molecule has 1 unspecified atom stereocenters. The van der Waals surface area contributed by atoms with Gasteiger partial charge in [-0.2, -0.15) is 0 Å². The van der Waals surface area contributed by atoms with Crippen molar-refractivity contribution in [3.63, 3.8) is 0 Å². The lowest BCUT2D eigenvalue weighted by Crippen LogP contribution is -2.34. The molecule has 0 fully saturated rings. The number of hydrogen-bond donors (Lipinski definition) is 2. The van der Waals surface area contributed by atoms with Gasteiger partial charge in [-0.05, 0) is 19.1 Å². The molecule has 0 aliphatic rings. The van der Waals surface area contributed by atoms with E-state index >= 15 is 0 Å². The number of carbonyl (C=O) groups excluding carboxylic acids is 1. The Hall–Kier alpha value is -1.62. The quantitative estimate of drug-likeness (QED) is 0.778. The summed E-state index contributed by atoms with van der Waals surface area (Å²) in [5.41, 5.74) is 0. The average molecular weight is 227 g/mol. The van der Waals surface area contributed by atoms with E-state index in [1.54, 1.807) is 13.0 Å². The van der Waals surface area contributed by atoms with Crippen molar-refractivity contribution >= 4 is 5.91 Å². The minimum Gasteiger partial charge on any atom is -0.481 e. The number of halogens is 1. The first-order chi connectivity index (χ1) is 7.59. The molecule has 0 saturated heterocycles. The lowest BCUT2D eigenvalue weighted by Gasteiger charge is -2.08. The lowest BCUT2D eigenvalue weighted by atomic mass is 10.3. The Kier molecular flexibility index (Phi) is 4.72. The van der Waals surface area contributed by atoms with Gasteiger partial charge in [0.2, 0.25) is 0 Å². The fraction of sp³-hybridized carbons (Fsp3) is 0.364. The van der Waals surface area contributed by atoms with Crippen molar-refractivity contribution in [2.45, 2.75) is 13.0 Å². The molecular weight excluding hydrogens is 213 g/mol. The van der Waals surface area contributed by atoms with Gasteiger partial charge in [-0.3, -0.25) is 4.79 Å². The maximum atomic E-state index is 13.1. The molecule has 1 amide bonds. The largest absolute Gasteiger partial charge is 0.481 e. The number of amides is 1. The molecule has 0 aliphatic heterocycles. The summed E-state index contributed by atoms with van der Waals surface area (Å²) in [7, 11) is 0. The average Bonchev–Trinajstić information content (AvgIpc) is 2.25. The fourth-order valence-electron chi connectivity index (χ4n) is 1.02. The highest BCUT2D eigenvalue weighted by molar-refractivity contribution is 5.77. The molecule has 0 saturated carbocycles. The van der Waals surface area contributed by atoms with E-state index in [0.717, 1.165) is 0 Å². The van der Waals surface area contributed by atoms with Gasteiger partial charge in [0.25, 0.3) is 5.91 Å².